The van der Waals surface area contributed by atoms with Gasteiger partial charge in [-0.05, 0) is 36.6 Å². The number of rotatable bonds is 4. The quantitative estimate of drug-likeness (QED) is 0.928. The van der Waals surface area contributed by atoms with E-state index in [-0.39, 0.29) is 11.7 Å². The van der Waals surface area contributed by atoms with Crippen LogP contribution in [0.4, 0.5) is 10.1 Å². The van der Waals surface area contributed by atoms with Crippen LogP contribution in [0.25, 0.3) is 0 Å². The molecule has 0 spiro atoms. The maximum absolute atomic E-state index is 12.9. The van der Waals surface area contributed by atoms with Crippen molar-refractivity contribution < 1.29 is 9.18 Å². The van der Waals surface area contributed by atoms with Gasteiger partial charge in [0.1, 0.15) is 5.82 Å². The van der Waals surface area contributed by atoms with Crippen molar-refractivity contribution in [2.75, 3.05) is 18.4 Å². The lowest BCUT2D eigenvalue weighted by Crippen LogP contribution is -2.31. The number of benzene rings is 1. The van der Waals surface area contributed by atoms with E-state index in [1.165, 1.54) is 25.0 Å². The standard InChI is InChI=1S/C19H22FN3O/c20-17-7-5-15(6-8-17)12-22-18-11-16(13-21-14-18)19(24)23-9-3-1-2-4-10-23/h5-8,11,13-14,22H,1-4,9-10,12H2. The highest BCUT2D eigenvalue weighted by molar-refractivity contribution is 5.94. The van der Waals surface area contributed by atoms with Gasteiger partial charge >= 0.3 is 0 Å². The second-order valence-corrected chi connectivity index (χ2v) is 6.15. The van der Waals surface area contributed by atoms with Gasteiger partial charge in [0.05, 0.1) is 11.3 Å². The van der Waals surface area contributed by atoms with E-state index in [0.29, 0.717) is 12.1 Å². The van der Waals surface area contributed by atoms with E-state index in [1.807, 2.05) is 11.0 Å². The molecule has 1 amide bonds. The second-order valence-electron chi connectivity index (χ2n) is 6.15. The SMILES string of the molecule is O=C(c1cncc(NCc2ccc(F)cc2)c1)N1CCCCCC1. The van der Waals surface area contributed by atoms with Crippen LogP contribution in [-0.4, -0.2) is 28.9 Å². The molecule has 1 N–H and O–H groups in total. The van der Waals surface area contributed by atoms with E-state index in [1.54, 1.807) is 24.5 Å². The molecule has 5 heteroatoms. The van der Waals surface area contributed by atoms with E-state index >= 15 is 0 Å². The van der Waals surface area contributed by atoms with Gasteiger partial charge in [-0.3, -0.25) is 9.78 Å². The molecule has 1 aromatic carbocycles. The molecule has 1 saturated heterocycles. The first-order valence-electron chi connectivity index (χ1n) is 8.45. The lowest BCUT2D eigenvalue weighted by molar-refractivity contribution is 0.0761. The number of hydrogen-bond donors (Lipinski definition) is 1. The first-order chi connectivity index (χ1) is 11.7. The molecule has 0 saturated carbocycles. The molecule has 0 bridgehead atoms. The van der Waals surface area contributed by atoms with Gasteiger partial charge in [-0.25, -0.2) is 4.39 Å². The molecule has 24 heavy (non-hydrogen) atoms. The number of amides is 1. The first kappa shape index (κ1) is 16.4. The summed E-state index contributed by atoms with van der Waals surface area (Å²) >= 11 is 0. The second kappa shape index (κ2) is 7.90. The van der Waals surface area contributed by atoms with Gasteiger partial charge in [-0.2, -0.15) is 0 Å². The zero-order chi connectivity index (χ0) is 16.8. The average Bonchev–Trinajstić information content (AvgIpc) is 2.90. The van der Waals surface area contributed by atoms with E-state index < -0.39 is 0 Å². The Kier molecular flexibility index (Phi) is 5.41. The highest BCUT2D eigenvalue weighted by atomic mass is 19.1. The molecule has 4 nitrogen and oxygen atoms in total. The van der Waals surface area contributed by atoms with Crippen molar-refractivity contribution >= 4 is 11.6 Å². The van der Waals surface area contributed by atoms with Crippen LogP contribution >= 0.6 is 0 Å². The number of anilines is 1. The Morgan fingerprint density at radius 1 is 1.08 bits per heavy atom. The maximum atomic E-state index is 12.9. The van der Waals surface area contributed by atoms with Crippen molar-refractivity contribution in [1.29, 1.82) is 0 Å². The van der Waals surface area contributed by atoms with Crippen LogP contribution in [0.3, 0.4) is 0 Å². The summed E-state index contributed by atoms with van der Waals surface area (Å²) in [5.41, 5.74) is 2.38. The summed E-state index contributed by atoms with van der Waals surface area (Å²) in [6.07, 6.45) is 7.85. The third kappa shape index (κ3) is 4.31. The van der Waals surface area contributed by atoms with Crippen LogP contribution in [0.2, 0.25) is 0 Å². The Morgan fingerprint density at radius 3 is 2.50 bits per heavy atom. The van der Waals surface area contributed by atoms with E-state index in [0.717, 1.165) is 37.2 Å². The smallest absolute Gasteiger partial charge is 0.255 e. The van der Waals surface area contributed by atoms with Crippen LogP contribution in [0, 0.1) is 5.82 Å². The zero-order valence-electron chi connectivity index (χ0n) is 13.7. The number of aromatic nitrogens is 1. The molecule has 1 aliphatic heterocycles. The van der Waals surface area contributed by atoms with Crippen LogP contribution in [0.5, 0.6) is 0 Å². The Morgan fingerprint density at radius 2 is 1.79 bits per heavy atom. The monoisotopic (exact) mass is 327 g/mol. The Bertz CT molecular complexity index is 679. The van der Waals surface area contributed by atoms with Crippen LogP contribution in [0.15, 0.2) is 42.7 Å². The minimum atomic E-state index is -0.245. The molecule has 0 aliphatic carbocycles. The molecule has 2 heterocycles. The van der Waals surface area contributed by atoms with Crippen LogP contribution in [-0.2, 0) is 6.54 Å². The molecule has 0 atom stereocenters. The van der Waals surface area contributed by atoms with Gasteiger partial charge in [-0.1, -0.05) is 25.0 Å². The molecule has 1 aromatic heterocycles. The van der Waals surface area contributed by atoms with Crippen LogP contribution < -0.4 is 5.32 Å². The van der Waals surface area contributed by atoms with Gasteiger partial charge in [0.15, 0.2) is 0 Å². The zero-order valence-corrected chi connectivity index (χ0v) is 13.7. The van der Waals surface area contributed by atoms with E-state index in [2.05, 4.69) is 10.3 Å². The summed E-state index contributed by atoms with van der Waals surface area (Å²) in [7, 11) is 0. The molecule has 0 unspecified atom stereocenters. The van der Waals surface area contributed by atoms with Crippen molar-refractivity contribution in [3.8, 4) is 0 Å². The predicted octanol–water partition coefficient (Wildman–Crippen LogP) is 3.85. The fourth-order valence-electron chi connectivity index (χ4n) is 2.92. The van der Waals surface area contributed by atoms with Crippen molar-refractivity contribution in [2.45, 2.75) is 32.2 Å². The summed E-state index contributed by atoms with van der Waals surface area (Å²) < 4.78 is 12.9. The predicted molar refractivity (Wildman–Crippen MR) is 92.3 cm³/mol. The molecule has 1 aliphatic rings. The summed E-state index contributed by atoms with van der Waals surface area (Å²) in [6.45, 7) is 2.21. The number of likely N-dealkylation sites (tertiary alicyclic amines) is 1. The largest absolute Gasteiger partial charge is 0.380 e. The van der Waals surface area contributed by atoms with Crippen molar-refractivity contribution in [1.82, 2.24) is 9.88 Å². The topological polar surface area (TPSA) is 45.2 Å². The fourth-order valence-corrected chi connectivity index (χ4v) is 2.92. The minimum absolute atomic E-state index is 0.0508. The third-order valence-electron chi connectivity index (χ3n) is 4.29. The number of halogens is 1. The van der Waals surface area contributed by atoms with Crippen molar-refractivity contribution in [2.24, 2.45) is 0 Å². The van der Waals surface area contributed by atoms with E-state index in [9.17, 15) is 9.18 Å². The van der Waals surface area contributed by atoms with Crippen LogP contribution in [0.1, 0.15) is 41.6 Å². The number of carbonyl (C=O) groups excluding carboxylic acids is 1. The number of pyridine rings is 1. The van der Waals surface area contributed by atoms with Gasteiger partial charge in [0.25, 0.3) is 5.91 Å². The summed E-state index contributed by atoms with van der Waals surface area (Å²) in [4.78, 5) is 18.7. The molecule has 1 fully saturated rings. The van der Waals surface area contributed by atoms with Gasteiger partial charge in [0, 0.05) is 32.0 Å². The van der Waals surface area contributed by atoms with Gasteiger partial charge in [0.2, 0.25) is 0 Å². The average molecular weight is 327 g/mol. The van der Waals surface area contributed by atoms with Gasteiger partial charge < -0.3 is 10.2 Å². The number of carbonyl (C=O) groups is 1. The molecule has 3 rings (SSSR count). The number of hydrogen-bond acceptors (Lipinski definition) is 3. The Balaban J connectivity index is 1.64. The van der Waals surface area contributed by atoms with Crippen molar-refractivity contribution in [3.63, 3.8) is 0 Å². The third-order valence-corrected chi connectivity index (χ3v) is 4.29. The van der Waals surface area contributed by atoms with E-state index in [4.69, 9.17) is 0 Å². The fraction of sp³-hybridized carbons (Fsp3) is 0.368. The molecule has 0 radical (unpaired) electrons. The molecule has 126 valence electrons. The molecule has 2 aromatic rings. The maximum Gasteiger partial charge on any atom is 0.255 e. The molecular weight excluding hydrogens is 305 g/mol. The normalized spacial score (nSPS) is 15.0. The lowest BCUT2D eigenvalue weighted by Gasteiger charge is -2.20. The summed E-state index contributed by atoms with van der Waals surface area (Å²) in [5.74, 6) is -0.194. The Hall–Kier alpha value is -2.43. The lowest BCUT2D eigenvalue weighted by atomic mass is 10.2. The number of nitrogens with zero attached hydrogens (tertiary/aromatic N) is 2. The molecular formula is C19H22FN3O. The van der Waals surface area contributed by atoms with Gasteiger partial charge in [-0.15, -0.1) is 0 Å². The van der Waals surface area contributed by atoms with Crippen molar-refractivity contribution in [3.05, 3.63) is 59.7 Å². The Labute approximate surface area is 141 Å². The number of nitrogens with one attached hydrogen (secondary N) is 1. The summed E-state index contributed by atoms with van der Waals surface area (Å²) in [6, 6.07) is 8.19. The highest BCUT2D eigenvalue weighted by Crippen LogP contribution is 2.16. The highest BCUT2D eigenvalue weighted by Gasteiger charge is 2.17. The first-order valence-corrected chi connectivity index (χ1v) is 8.45. The summed E-state index contributed by atoms with van der Waals surface area (Å²) in [5, 5.41) is 3.24. The minimum Gasteiger partial charge on any atom is -0.380 e.